The zero-order valence-electron chi connectivity index (χ0n) is 14.0. The van der Waals surface area contributed by atoms with E-state index in [1.807, 2.05) is 0 Å². The molecule has 152 valence electrons. The van der Waals surface area contributed by atoms with Crippen molar-refractivity contribution in [2.45, 2.75) is 34.9 Å². The van der Waals surface area contributed by atoms with Gasteiger partial charge in [-0.3, -0.25) is 4.72 Å². The first-order valence-electron chi connectivity index (χ1n) is 7.90. The minimum atomic E-state index is -4.66. The van der Waals surface area contributed by atoms with Crippen LogP contribution in [0.3, 0.4) is 0 Å². The van der Waals surface area contributed by atoms with Crippen molar-refractivity contribution >= 4 is 41.7 Å². The molecule has 6 nitrogen and oxygen atoms in total. The molecule has 0 atom stereocenters. The van der Waals surface area contributed by atoms with Gasteiger partial charge >= 0.3 is 6.18 Å². The fourth-order valence-corrected chi connectivity index (χ4v) is 5.13. The van der Waals surface area contributed by atoms with Crippen molar-refractivity contribution in [3.8, 4) is 0 Å². The molecule has 1 aliphatic rings. The van der Waals surface area contributed by atoms with Crippen molar-refractivity contribution in [2.75, 3.05) is 4.72 Å². The maximum Gasteiger partial charge on any atom is 0.417 e. The van der Waals surface area contributed by atoms with E-state index < -0.39 is 31.8 Å². The molecule has 0 aliphatic heterocycles. The van der Waals surface area contributed by atoms with Crippen molar-refractivity contribution in [3.05, 3.63) is 52.5 Å². The van der Waals surface area contributed by atoms with Crippen LogP contribution in [0.25, 0.3) is 0 Å². The first-order valence-corrected chi connectivity index (χ1v) is 11.7. The predicted molar refractivity (Wildman–Crippen MR) is 99.7 cm³/mol. The molecule has 0 unspecified atom stereocenters. The Morgan fingerprint density at radius 3 is 1.93 bits per heavy atom. The average molecular weight is 499 g/mol. The average Bonchev–Trinajstić information content (AvgIpc) is 3.39. The van der Waals surface area contributed by atoms with Crippen LogP contribution in [0.5, 0.6) is 0 Å². The largest absolute Gasteiger partial charge is 0.417 e. The van der Waals surface area contributed by atoms with Crippen LogP contribution in [0.15, 0.2) is 56.7 Å². The minimum Gasteiger partial charge on any atom is -0.280 e. The second-order valence-electron chi connectivity index (χ2n) is 6.16. The summed E-state index contributed by atoms with van der Waals surface area (Å²) in [4.78, 5) is -0.379. The topological polar surface area (TPSA) is 92.3 Å². The van der Waals surface area contributed by atoms with Crippen molar-refractivity contribution in [2.24, 2.45) is 0 Å². The Bertz CT molecular complexity index is 1100. The fraction of sp³-hybridized carbons (Fsp3) is 0.250. The first-order chi connectivity index (χ1) is 12.9. The van der Waals surface area contributed by atoms with E-state index in [4.69, 9.17) is 0 Å². The Morgan fingerprint density at radius 1 is 0.893 bits per heavy atom. The molecular weight excluding hydrogens is 485 g/mol. The first kappa shape index (κ1) is 21.1. The number of hydrogen-bond donors (Lipinski definition) is 2. The molecule has 1 fully saturated rings. The molecular formula is C16H14BrF3N2O4S2. The summed E-state index contributed by atoms with van der Waals surface area (Å²) in [6, 6.07) is 7.23. The van der Waals surface area contributed by atoms with E-state index in [1.54, 1.807) is 0 Å². The van der Waals surface area contributed by atoms with Crippen LogP contribution < -0.4 is 9.44 Å². The molecule has 3 rings (SSSR count). The van der Waals surface area contributed by atoms with Crippen molar-refractivity contribution < 1.29 is 30.0 Å². The van der Waals surface area contributed by atoms with Crippen LogP contribution in [-0.4, -0.2) is 22.9 Å². The molecule has 0 aromatic heterocycles. The van der Waals surface area contributed by atoms with Crippen LogP contribution in [0, 0.1) is 0 Å². The van der Waals surface area contributed by atoms with Gasteiger partial charge < -0.3 is 0 Å². The third-order valence-electron chi connectivity index (χ3n) is 3.87. The molecule has 2 aromatic carbocycles. The molecule has 0 amide bonds. The maximum absolute atomic E-state index is 13.0. The van der Waals surface area contributed by atoms with Crippen LogP contribution in [0.1, 0.15) is 18.4 Å². The van der Waals surface area contributed by atoms with Gasteiger partial charge in [-0.15, -0.1) is 0 Å². The van der Waals surface area contributed by atoms with Gasteiger partial charge in [-0.05, 0) is 55.3 Å². The van der Waals surface area contributed by atoms with Gasteiger partial charge in [0, 0.05) is 16.2 Å². The number of hydrogen-bond acceptors (Lipinski definition) is 4. The second-order valence-corrected chi connectivity index (χ2v) is 10.4. The minimum absolute atomic E-state index is 0.0960. The number of sulfonamides is 2. The van der Waals surface area contributed by atoms with Crippen LogP contribution in [-0.2, 0) is 26.2 Å². The summed E-state index contributed by atoms with van der Waals surface area (Å²) in [5.74, 6) is 0. The monoisotopic (exact) mass is 498 g/mol. The summed E-state index contributed by atoms with van der Waals surface area (Å²) in [6.45, 7) is 0. The molecule has 0 saturated heterocycles. The van der Waals surface area contributed by atoms with Gasteiger partial charge in [-0.1, -0.05) is 15.9 Å². The molecule has 0 bridgehead atoms. The van der Waals surface area contributed by atoms with E-state index in [0.717, 1.165) is 43.2 Å². The zero-order valence-corrected chi connectivity index (χ0v) is 17.2. The molecule has 0 heterocycles. The van der Waals surface area contributed by atoms with E-state index >= 15 is 0 Å². The normalized spacial score (nSPS) is 15.4. The molecule has 28 heavy (non-hydrogen) atoms. The molecule has 2 aromatic rings. The Hall–Kier alpha value is -1.63. The maximum atomic E-state index is 13.0. The van der Waals surface area contributed by atoms with Gasteiger partial charge in [-0.25, -0.2) is 21.6 Å². The number of halogens is 4. The highest BCUT2D eigenvalue weighted by Crippen LogP contribution is 2.36. The lowest BCUT2D eigenvalue weighted by Gasteiger charge is -2.13. The Balaban J connectivity index is 1.83. The number of anilines is 1. The van der Waals surface area contributed by atoms with Crippen LogP contribution in [0.4, 0.5) is 18.9 Å². The molecule has 1 aliphatic carbocycles. The van der Waals surface area contributed by atoms with E-state index in [2.05, 4.69) is 25.4 Å². The van der Waals surface area contributed by atoms with Gasteiger partial charge in [0.05, 0.1) is 15.4 Å². The fourth-order valence-electron chi connectivity index (χ4n) is 2.31. The summed E-state index contributed by atoms with van der Waals surface area (Å²) in [6.07, 6.45) is -3.16. The summed E-state index contributed by atoms with van der Waals surface area (Å²) in [7, 11) is -7.95. The van der Waals surface area contributed by atoms with Gasteiger partial charge in [0.15, 0.2) is 0 Å². The van der Waals surface area contributed by atoms with Crippen molar-refractivity contribution in [1.82, 2.24) is 4.72 Å². The summed E-state index contributed by atoms with van der Waals surface area (Å²) in [5.41, 5.74) is -1.30. The standard InChI is InChI=1S/C16H14BrF3N2O4S2/c17-15-8-3-11(9-14(15)16(18,19)20)22-28(25,26)13-6-4-12(5-7-13)27(23,24)21-10-1-2-10/h3-10,21-22H,1-2H2. The number of rotatable bonds is 6. The number of benzene rings is 2. The predicted octanol–water partition coefficient (Wildman–Crippen LogP) is 3.71. The molecule has 0 spiro atoms. The van der Waals surface area contributed by atoms with Crippen LogP contribution in [0.2, 0.25) is 0 Å². The van der Waals surface area contributed by atoms with E-state index in [-0.39, 0.29) is 26.0 Å². The molecule has 1 saturated carbocycles. The smallest absolute Gasteiger partial charge is 0.280 e. The van der Waals surface area contributed by atoms with Gasteiger partial charge in [0.2, 0.25) is 10.0 Å². The van der Waals surface area contributed by atoms with Gasteiger partial charge in [0.25, 0.3) is 10.0 Å². The second kappa shape index (κ2) is 7.32. The van der Waals surface area contributed by atoms with E-state index in [0.29, 0.717) is 6.07 Å². The highest BCUT2D eigenvalue weighted by Gasteiger charge is 2.33. The van der Waals surface area contributed by atoms with E-state index in [1.165, 1.54) is 6.07 Å². The third kappa shape index (κ3) is 4.85. The lowest BCUT2D eigenvalue weighted by molar-refractivity contribution is -0.138. The number of alkyl halides is 3. The highest BCUT2D eigenvalue weighted by molar-refractivity contribution is 9.10. The lowest BCUT2D eigenvalue weighted by Crippen LogP contribution is -2.25. The number of nitrogens with one attached hydrogen (secondary N) is 2. The SMILES string of the molecule is O=S(=O)(Nc1ccc(Br)c(C(F)(F)F)c1)c1ccc(S(=O)(=O)NC2CC2)cc1. The molecule has 12 heteroatoms. The summed E-state index contributed by atoms with van der Waals surface area (Å²) >= 11 is 2.78. The Kier molecular flexibility index (Phi) is 5.51. The Morgan fingerprint density at radius 2 is 1.43 bits per heavy atom. The van der Waals surface area contributed by atoms with Gasteiger partial charge in [0.1, 0.15) is 0 Å². The van der Waals surface area contributed by atoms with Crippen LogP contribution >= 0.6 is 15.9 Å². The summed E-state index contributed by atoms with van der Waals surface area (Å²) in [5, 5.41) is 0. The highest BCUT2D eigenvalue weighted by atomic mass is 79.9. The third-order valence-corrected chi connectivity index (χ3v) is 7.49. The lowest BCUT2D eigenvalue weighted by atomic mass is 10.2. The van der Waals surface area contributed by atoms with Crippen molar-refractivity contribution in [1.29, 1.82) is 0 Å². The Labute approximate surface area is 168 Å². The molecule has 0 radical (unpaired) electrons. The zero-order chi connectivity index (χ0) is 20.7. The quantitative estimate of drug-likeness (QED) is 0.634. The van der Waals surface area contributed by atoms with E-state index in [9.17, 15) is 30.0 Å². The molecule has 2 N–H and O–H groups in total. The summed E-state index contributed by atoms with van der Waals surface area (Å²) < 4.78 is 92.3. The van der Waals surface area contributed by atoms with Gasteiger partial charge in [-0.2, -0.15) is 13.2 Å². The van der Waals surface area contributed by atoms with Crippen molar-refractivity contribution in [3.63, 3.8) is 0 Å².